The molecule has 3 amide bonds. The SMILES string of the molecule is CC(=O)N1CC(Nc2cc(C(C)(C)C)nc(N3CCCCC3)n2)C1.CC(=O)N1CC(Nc2cc(C(C)(C)C)nc(N3CCN(C)CC3)n2)C1.CC(=O)NC1CC(Cc2cc(C(C)(C)C)ncn2)C1.CC(C)(C)c1cc(CC2CNC2)ncn1.CC(C)(C)c1cc(CC2COC2)ccn1.CC(C)(C)c1cccc(CC2COC2)n1.CC(C)(C)c1ncnc(CC2COC2)c1Cl.CC(C)CN1CC(Cc2cc(C(C)(C)C)ncn2)C1. The van der Waals surface area contributed by atoms with E-state index in [2.05, 4.69) is 333 Å². The number of likely N-dealkylation sites (tertiary alicyclic amines) is 3. The summed E-state index contributed by atoms with van der Waals surface area (Å²) >= 11 is 6.35. The van der Waals surface area contributed by atoms with E-state index in [9.17, 15) is 14.4 Å². The van der Waals surface area contributed by atoms with E-state index < -0.39 is 0 Å². The van der Waals surface area contributed by atoms with Crippen LogP contribution in [0.1, 0.15) is 312 Å². The number of hydrogen-bond donors (Lipinski definition) is 4. The first kappa shape index (κ1) is 119. The zero-order valence-electron chi connectivity index (χ0n) is 95.8. The molecule has 0 spiro atoms. The van der Waals surface area contributed by atoms with Gasteiger partial charge in [-0.1, -0.05) is 198 Å². The van der Waals surface area contributed by atoms with Crippen molar-refractivity contribution in [1.82, 2.24) is 100 Å². The minimum absolute atomic E-state index is 0.0189. The van der Waals surface area contributed by atoms with Crippen LogP contribution >= 0.6 is 11.6 Å². The van der Waals surface area contributed by atoms with E-state index in [1.165, 1.54) is 72.9 Å². The Labute approximate surface area is 892 Å². The number of nitrogens with one attached hydrogen (secondary N) is 4. The lowest BCUT2D eigenvalue weighted by Gasteiger charge is -2.40. The van der Waals surface area contributed by atoms with Gasteiger partial charge in [0.25, 0.3) is 0 Å². The fraction of sp³-hybridized carbons (Fsp3) is 0.684. The Morgan fingerprint density at radius 1 is 0.399 bits per heavy atom. The summed E-state index contributed by atoms with van der Waals surface area (Å²) in [4.78, 5) is 110. The van der Waals surface area contributed by atoms with Gasteiger partial charge in [-0.3, -0.25) is 24.4 Å². The molecular weight excluding hydrogens is 1870 g/mol. The summed E-state index contributed by atoms with van der Waals surface area (Å²) in [5.41, 5.74) is 16.3. The van der Waals surface area contributed by atoms with Gasteiger partial charge in [0.15, 0.2) is 0 Å². The highest BCUT2D eigenvalue weighted by Crippen LogP contribution is 2.37. The van der Waals surface area contributed by atoms with Gasteiger partial charge in [0.2, 0.25) is 29.6 Å². The van der Waals surface area contributed by atoms with Gasteiger partial charge in [-0.05, 0) is 162 Å². The molecule has 31 heteroatoms. The second kappa shape index (κ2) is 52.7. The van der Waals surface area contributed by atoms with Gasteiger partial charge in [-0.25, -0.2) is 49.8 Å². The lowest BCUT2D eigenvalue weighted by atomic mass is 9.77. The highest BCUT2D eigenvalue weighted by atomic mass is 35.5. The van der Waals surface area contributed by atoms with Crippen molar-refractivity contribution < 1.29 is 28.6 Å². The van der Waals surface area contributed by atoms with E-state index in [1.807, 2.05) is 16.0 Å². The number of carbonyl (C=O) groups excluding carboxylic acids is 3. The van der Waals surface area contributed by atoms with Crippen LogP contribution in [0.2, 0.25) is 5.02 Å². The first-order valence-electron chi connectivity index (χ1n) is 54.7. The Morgan fingerprint density at radius 3 is 1.22 bits per heavy atom. The van der Waals surface area contributed by atoms with E-state index in [4.69, 9.17) is 50.7 Å². The number of rotatable bonds is 21. The minimum atomic E-state index is -0.0368. The zero-order chi connectivity index (χ0) is 108. The molecule has 30 nitrogen and oxygen atoms in total. The first-order valence-corrected chi connectivity index (χ1v) is 55.1. The summed E-state index contributed by atoms with van der Waals surface area (Å²) < 4.78 is 15.5. The van der Waals surface area contributed by atoms with Crippen molar-refractivity contribution in [2.75, 3.05) is 165 Å². The number of piperazine rings is 1. The predicted molar refractivity (Wildman–Crippen MR) is 597 cm³/mol. The Balaban J connectivity index is 0.000000162. The van der Waals surface area contributed by atoms with Crippen LogP contribution in [0.4, 0.5) is 23.5 Å². The predicted octanol–water partition coefficient (Wildman–Crippen LogP) is 18.0. The summed E-state index contributed by atoms with van der Waals surface area (Å²) in [6.07, 6.45) is 20.7. The monoisotopic (exact) mass is 2060 g/mol. The summed E-state index contributed by atoms with van der Waals surface area (Å²) in [6, 6.07) is 22.2. The maximum absolute atomic E-state index is 11.4. The molecule has 0 unspecified atom stereocenters. The molecule has 10 aliphatic rings. The van der Waals surface area contributed by atoms with Gasteiger partial charge in [0, 0.05) is 243 Å². The van der Waals surface area contributed by atoms with E-state index in [1.54, 1.807) is 46.1 Å². The average Bonchev–Trinajstić information content (AvgIpc) is 0.803. The molecule has 9 saturated heterocycles. The van der Waals surface area contributed by atoms with Crippen LogP contribution in [-0.4, -0.2) is 270 Å². The number of anilines is 4. The molecule has 9 aliphatic heterocycles. The number of pyridine rings is 2. The third-order valence-electron chi connectivity index (χ3n) is 28.2. The van der Waals surface area contributed by atoms with Crippen molar-refractivity contribution in [3.8, 4) is 0 Å². The molecule has 0 radical (unpaired) electrons. The van der Waals surface area contributed by atoms with E-state index in [-0.39, 0.29) is 73.1 Å². The zero-order valence-corrected chi connectivity index (χ0v) is 96.6. The van der Waals surface area contributed by atoms with Gasteiger partial charge in [-0.2, -0.15) is 9.97 Å². The fourth-order valence-corrected chi connectivity index (χ4v) is 18.8. The van der Waals surface area contributed by atoms with Gasteiger partial charge in [0.05, 0.1) is 79.5 Å². The highest BCUT2D eigenvalue weighted by Gasteiger charge is 2.37. The number of piperidine rings is 1. The first-order chi connectivity index (χ1) is 69.4. The molecule has 0 aromatic carbocycles. The van der Waals surface area contributed by atoms with Gasteiger partial charge >= 0.3 is 0 Å². The molecule has 4 N–H and O–H groups in total. The van der Waals surface area contributed by atoms with Crippen molar-refractivity contribution in [2.24, 2.45) is 41.4 Å². The number of ether oxygens (including phenoxy) is 3. The van der Waals surface area contributed by atoms with Crippen molar-refractivity contribution in [3.63, 3.8) is 0 Å². The Hall–Kier alpha value is -9.56. The number of hydrogen-bond acceptors (Lipinski definition) is 27. The highest BCUT2D eigenvalue weighted by molar-refractivity contribution is 6.32. The van der Waals surface area contributed by atoms with Gasteiger partial charge < -0.3 is 64.9 Å². The molecule has 1 saturated carbocycles. The van der Waals surface area contributed by atoms with Crippen LogP contribution in [0.25, 0.3) is 0 Å². The third-order valence-corrected chi connectivity index (χ3v) is 28.6. The van der Waals surface area contributed by atoms with Crippen LogP contribution in [-0.2, 0) is 110 Å². The second-order valence-electron chi connectivity index (χ2n) is 51.6. The number of carbonyl (C=O) groups is 3. The molecule has 814 valence electrons. The number of likely N-dealkylation sites (N-methyl/N-ethyl adjacent to an activating group) is 1. The van der Waals surface area contributed by atoms with E-state index in [0.29, 0.717) is 23.8 Å². The van der Waals surface area contributed by atoms with E-state index in [0.717, 1.165) is 267 Å². The molecule has 148 heavy (non-hydrogen) atoms. The topological polar surface area (TPSA) is 327 Å². The van der Waals surface area contributed by atoms with Crippen LogP contribution < -0.4 is 31.1 Å². The van der Waals surface area contributed by atoms with Crippen molar-refractivity contribution in [3.05, 3.63) is 177 Å². The number of halogens is 1. The Kier molecular flexibility index (Phi) is 42.2. The van der Waals surface area contributed by atoms with Gasteiger partial charge in [0.1, 0.15) is 36.9 Å². The number of aromatic nitrogens is 14. The van der Waals surface area contributed by atoms with Crippen molar-refractivity contribution in [1.29, 1.82) is 0 Å². The molecule has 17 heterocycles. The Bertz CT molecular complexity index is 5330. The van der Waals surface area contributed by atoms with Crippen LogP contribution in [0.15, 0.2) is 92.2 Å². The maximum Gasteiger partial charge on any atom is 0.227 e. The standard InChI is InChI=1S/C18H30N6O.C18H29N5O.C16H27N3.C15H23N3O.2C13H19NO.C12H17ClN2O.C12H19N3/c1-13(25)24-11-14(12-24)19-16-10-15(18(2,3)4)20-17(21-16)23-8-6-22(5)7-9-23;1-13(24)23-11-14(12-23)19-16-10-15(18(2,3)4)20-17(21-16)22-8-6-5-7-9-22;1-12(2)8-19-9-13(10-19)6-14-7-15(16(3,4)5)18-11-17-14;1-10(19)18-13-6-11(7-13)5-12-8-14(15(2,3)4)17-9-16-12;1-13(2,3)12-7-10(4-5-14-12)6-11-8-15-9-11;1-13(2,3)12-6-4-5-11(14-12)7-10-8-15-9-10;1-12(2,3)11-10(13)9(14-7-15-11)4-8-5-16-6-8;1-12(2,3)11-5-10(14-8-15-11)4-9-6-13-7-9/h10,14H,6-9,11-12H2,1-5H3,(H,19,20,21);10,14H,5-9,11-12H2,1-4H3,(H,19,20,21);7,11-13H,6,8-10H2,1-5H3;8-9,11,13H,5-7H2,1-4H3,(H,18,19);4-5,7,11H,6,8-9H2,1-3H3;4-6,10H,7-9H2,1-3H3;7-8H,4-6H2,1-3H3;5,8-9,13H,4,6-7H2,1-3H3. The minimum Gasteiger partial charge on any atom is -0.381 e. The third kappa shape index (κ3) is 38.1. The lowest BCUT2D eigenvalue weighted by Crippen LogP contribution is -2.56. The number of amides is 3. The molecule has 8 aromatic rings. The molecule has 10 fully saturated rings. The van der Waals surface area contributed by atoms with Crippen LogP contribution in [0.3, 0.4) is 0 Å². The van der Waals surface area contributed by atoms with E-state index >= 15 is 0 Å². The average molecular weight is 2060 g/mol. The summed E-state index contributed by atoms with van der Waals surface area (Å²) in [5.74, 6) is 8.67. The molecular formula is C117H183ClN24O6. The Morgan fingerprint density at radius 2 is 0.811 bits per heavy atom. The molecule has 18 rings (SSSR count). The summed E-state index contributed by atoms with van der Waals surface area (Å²) in [7, 11) is 2.15. The molecule has 0 atom stereocenters. The quantitative estimate of drug-likeness (QED) is 0.0519. The molecule has 8 aromatic heterocycles. The van der Waals surface area contributed by atoms with Gasteiger partial charge in [-0.15, -0.1) is 0 Å². The number of nitrogens with zero attached hydrogens (tertiary/aromatic N) is 20. The normalized spacial score (nSPS) is 18.8. The smallest absolute Gasteiger partial charge is 0.227 e. The fourth-order valence-electron chi connectivity index (χ4n) is 18.4. The van der Waals surface area contributed by atoms with Crippen molar-refractivity contribution >= 4 is 52.9 Å². The molecule has 1 aliphatic carbocycles. The van der Waals surface area contributed by atoms with Crippen LogP contribution in [0, 0.1) is 41.4 Å². The largest absolute Gasteiger partial charge is 0.381 e. The van der Waals surface area contributed by atoms with Crippen molar-refractivity contribution in [2.45, 2.75) is 333 Å². The van der Waals surface area contributed by atoms with Crippen LogP contribution in [0.5, 0.6) is 0 Å². The molecule has 0 bridgehead atoms. The lowest BCUT2D eigenvalue weighted by molar-refractivity contribution is -0.133. The summed E-state index contributed by atoms with van der Waals surface area (Å²) in [5, 5.41) is 13.9. The summed E-state index contributed by atoms with van der Waals surface area (Å²) in [6.45, 7) is 81.9. The maximum atomic E-state index is 11.4. The second-order valence-corrected chi connectivity index (χ2v) is 52.0.